The summed E-state index contributed by atoms with van der Waals surface area (Å²) >= 11 is 0. The molecule has 0 aliphatic carbocycles. The Morgan fingerprint density at radius 2 is 1.69 bits per heavy atom. The van der Waals surface area contributed by atoms with Gasteiger partial charge in [0.2, 0.25) is 0 Å². The summed E-state index contributed by atoms with van der Waals surface area (Å²) in [6.07, 6.45) is 0. The van der Waals surface area contributed by atoms with Crippen LogP contribution in [-0.2, 0) is 17.8 Å². The van der Waals surface area contributed by atoms with Gasteiger partial charge >= 0.3 is 0 Å². The van der Waals surface area contributed by atoms with Gasteiger partial charge in [-0.3, -0.25) is 9.89 Å². The zero-order valence-corrected chi connectivity index (χ0v) is 17.5. The average molecular weight is 397 g/mol. The van der Waals surface area contributed by atoms with E-state index in [0.717, 1.165) is 51.1 Å². The summed E-state index contributed by atoms with van der Waals surface area (Å²) in [6, 6.07) is 16.9. The van der Waals surface area contributed by atoms with Gasteiger partial charge in [0.1, 0.15) is 12.4 Å². The number of benzene rings is 2. The molecule has 1 heterocycles. The normalized spacial score (nSPS) is 15.2. The molecule has 0 amide bonds. The number of ether oxygens (including phenoxy) is 2. The summed E-state index contributed by atoms with van der Waals surface area (Å²) in [6.45, 7) is 8.76. The Labute approximate surface area is 173 Å². The molecule has 0 saturated carbocycles. The van der Waals surface area contributed by atoms with E-state index < -0.39 is 0 Å². The molecule has 29 heavy (non-hydrogen) atoms. The molecule has 0 atom stereocenters. The van der Waals surface area contributed by atoms with E-state index in [4.69, 9.17) is 9.47 Å². The van der Waals surface area contributed by atoms with Crippen molar-refractivity contribution in [3.05, 3.63) is 65.2 Å². The molecular weight excluding hydrogens is 364 g/mol. The van der Waals surface area contributed by atoms with Crippen LogP contribution < -0.4 is 15.4 Å². The first kappa shape index (κ1) is 21.1. The highest BCUT2D eigenvalue weighted by Crippen LogP contribution is 2.11. The first-order valence-corrected chi connectivity index (χ1v) is 10.2. The summed E-state index contributed by atoms with van der Waals surface area (Å²) in [5, 5.41) is 6.63. The summed E-state index contributed by atoms with van der Waals surface area (Å²) in [5.74, 6) is 1.66. The minimum atomic E-state index is 0.583. The summed E-state index contributed by atoms with van der Waals surface area (Å²) < 4.78 is 11.1. The first-order chi connectivity index (χ1) is 14.2. The molecule has 156 valence electrons. The Bertz CT molecular complexity index is 753. The van der Waals surface area contributed by atoms with Crippen molar-refractivity contribution in [3.8, 4) is 5.75 Å². The molecular formula is C23H32N4O2. The second-order valence-electron chi connectivity index (χ2n) is 7.22. The number of nitrogens with zero attached hydrogens (tertiary/aromatic N) is 2. The average Bonchev–Trinajstić information content (AvgIpc) is 2.76. The van der Waals surface area contributed by atoms with E-state index in [1.165, 1.54) is 16.7 Å². The standard InChI is InChI=1S/C23H32N4O2/c1-19-3-9-22(10-4-19)29-14-11-25-23(24-2)26-17-20-5-7-21(8-6-20)18-27-12-15-28-16-13-27/h3-10H,11-18H2,1-2H3,(H2,24,25,26). The third-order valence-electron chi connectivity index (χ3n) is 4.90. The van der Waals surface area contributed by atoms with Gasteiger partial charge in [0, 0.05) is 33.2 Å². The molecule has 6 nitrogen and oxygen atoms in total. The Morgan fingerprint density at radius 3 is 2.38 bits per heavy atom. The van der Waals surface area contributed by atoms with Crippen LogP contribution in [0.5, 0.6) is 5.75 Å². The van der Waals surface area contributed by atoms with Gasteiger partial charge in [-0.15, -0.1) is 0 Å². The van der Waals surface area contributed by atoms with E-state index in [9.17, 15) is 0 Å². The number of aryl methyl sites for hydroxylation is 1. The van der Waals surface area contributed by atoms with Crippen LogP contribution in [0.1, 0.15) is 16.7 Å². The fraction of sp³-hybridized carbons (Fsp3) is 0.435. The van der Waals surface area contributed by atoms with Crippen molar-refractivity contribution in [3.63, 3.8) is 0 Å². The quantitative estimate of drug-likeness (QED) is 0.408. The zero-order chi connectivity index (χ0) is 20.3. The molecule has 0 bridgehead atoms. The van der Waals surface area contributed by atoms with E-state index in [1.54, 1.807) is 7.05 Å². The second kappa shape index (κ2) is 11.4. The van der Waals surface area contributed by atoms with Gasteiger partial charge in [0.25, 0.3) is 0 Å². The SMILES string of the molecule is CN=C(NCCOc1ccc(C)cc1)NCc1ccc(CN2CCOCC2)cc1. The van der Waals surface area contributed by atoms with E-state index in [2.05, 4.69) is 63.8 Å². The van der Waals surface area contributed by atoms with Gasteiger partial charge in [0.05, 0.1) is 19.8 Å². The molecule has 1 saturated heterocycles. The molecule has 1 aliphatic rings. The van der Waals surface area contributed by atoms with Crippen LogP contribution in [0.4, 0.5) is 0 Å². The van der Waals surface area contributed by atoms with Crippen LogP contribution in [0.25, 0.3) is 0 Å². The number of hydrogen-bond acceptors (Lipinski definition) is 4. The number of nitrogens with one attached hydrogen (secondary N) is 2. The lowest BCUT2D eigenvalue weighted by Crippen LogP contribution is -2.38. The Balaban J connectivity index is 1.35. The molecule has 0 spiro atoms. The van der Waals surface area contributed by atoms with E-state index >= 15 is 0 Å². The van der Waals surface area contributed by atoms with Crippen molar-refractivity contribution in [2.75, 3.05) is 46.5 Å². The zero-order valence-electron chi connectivity index (χ0n) is 17.5. The smallest absolute Gasteiger partial charge is 0.191 e. The molecule has 3 rings (SSSR count). The monoisotopic (exact) mass is 396 g/mol. The minimum Gasteiger partial charge on any atom is -0.492 e. The lowest BCUT2D eigenvalue weighted by Gasteiger charge is -2.26. The van der Waals surface area contributed by atoms with Gasteiger partial charge in [-0.1, -0.05) is 42.0 Å². The molecule has 2 aromatic carbocycles. The largest absolute Gasteiger partial charge is 0.492 e. The Morgan fingerprint density at radius 1 is 1.00 bits per heavy atom. The van der Waals surface area contributed by atoms with E-state index in [1.807, 2.05) is 12.1 Å². The van der Waals surface area contributed by atoms with Crippen molar-refractivity contribution in [2.24, 2.45) is 4.99 Å². The predicted octanol–water partition coefficient (Wildman–Crippen LogP) is 2.57. The van der Waals surface area contributed by atoms with Crippen molar-refractivity contribution < 1.29 is 9.47 Å². The van der Waals surface area contributed by atoms with Gasteiger partial charge in [-0.25, -0.2) is 0 Å². The molecule has 0 unspecified atom stereocenters. The number of aliphatic imine (C=N–C) groups is 1. The maximum Gasteiger partial charge on any atom is 0.191 e. The topological polar surface area (TPSA) is 58.1 Å². The third-order valence-corrected chi connectivity index (χ3v) is 4.90. The lowest BCUT2D eigenvalue weighted by molar-refractivity contribution is 0.0342. The summed E-state index contributed by atoms with van der Waals surface area (Å²) in [5.41, 5.74) is 3.80. The van der Waals surface area contributed by atoms with Gasteiger partial charge in [-0.05, 0) is 30.2 Å². The number of hydrogen-bond donors (Lipinski definition) is 2. The van der Waals surface area contributed by atoms with Crippen LogP contribution >= 0.6 is 0 Å². The van der Waals surface area contributed by atoms with Crippen LogP contribution in [0.15, 0.2) is 53.5 Å². The maximum absolute atomic E-state index is 5.74. The Kier molecular flexibility index (Phi) is 8.34. The highest BCUT2D eigenvalue weighted by atomic mass is 16.5. The Hall–Kier alpha value is -2.57. The van der Waals surface area contributed by atoms with Crippen molar-refractivity contribution in [1.29, 1.82) is 0 Å². The summed E-state index contributed by atoms with van der Waals surface area (Å²) in [7, 11) is 1.78. The van der Waals surface area contributed by atoms with Crippen LogP contribution in [0, 0.1) is 6.92 Å². The molecule has 1 fully saturated rings. The molecule has 2 aromatic rings. The highest BCUT2D eigenvalue weighted by molar-refractivity contribution is 5.79. The molecule has 2 N–H and O–H groups in total. The number of guanidine groups is 1. The van der Waals surface area contributed by atoms with Crippen LogP contribution in [-0.4, -0.2) is 57.4 Å². The van der Waals surface area contributed by atoms with E-state index in [-0.39, 0.29) is 0 Å². The van der Waals surface area contributed by atoms with Crippen LogP contribution in [0.3, 0.4) is 0 Å². The number of morpholine rings is 1. The molecule has 6 heteroatoms. The van der Waals surface area contributed by atoms with Crippen molar-refractivity contribution >= 4 is 5.96 Å². The number of rotatable bonds is 8. The fourth-order valence-electron chi connectivity index (χ4n) is 3.16. The van der Waals surface area contributed by atoms with Crippen molar-refractivity contribution in [1.82, 2.24) is 15.5 Å². The fourth-order valence-corrected chi connectivity index (χ4v) is 3.16. The lowest BCUT2D eigenvalue weighted by atomic mass is 10.1. The molecule has 0 aromatic heterocycles. The van der Waals surface area contributed by atoms with Gasteiger partial charge in [-0.2, -0.15) is 0 Å². The van der Waals surface area contributed by atoms with E-state index in [0.29, 0.717) is 13.2 Å². The van der Waals surface area contributed by atoms with Crippen molar-refractivity contribution in [2.45, 2.75) is 20.0 Å². The second-order valence-corrected chi connectivity index (χ2v) is 7.22. The first-order valence-electron chi connectivity index (χ1n) is 10.2. The maximum atomic E-state index is 5.74. The van der Waals surface area contributed by atoms with Gasteiger partial charge in [0.15, 0.2) is 5.96 Å². The third kappa shape index (κ3) is 7.40. The minimum absolute atomic E-state index is 0.583. The summed E-state index contributed by atoms with van der Waals surface area (Å²) in [4.78, 5) is 6.71. The van der Waals surface area contributed by atoms with Crippen LogP contribution in [0.2, 0.25) is 0 Å². The molecule has 0 radical (unpaired) electrons. The predicted molar refractivity (Wildman–Crippen MR) is 117 cm³/mol. The molecule has 1 aliphatic heterocycles. The highest BCUT2D eigenvalue weighted by Gasteiger charge is 2.10. The van der Waals surface area contributed by atoms with Gasteiger partial charge < -0.3 is 20.1 Å².